The second-order valence-corrected chi connectivity index (χ2v) is 7.08. The number of carboxylic acid groups (broad SMARTS) is 1. The molecule has 0 aromatic heterocycles. The molecule has 0 bridgehead atoms. The monoisotopic (exact) mass is 403 g/mol. The molecule has 2 aromatic rings. The molecule has 156 valence electrons. The van der Waals surface area contributed by atoms with Gasteiger partial charge in [0.1, 0.15) is 18.9 Å². The SMILES string of the molecule is COc1cc(C(O)(c2ccccc2)C2CCN(C(=O)O)CC2)ccc1OCCF. The van der Waals surface area contributed by atoms with E-state index in [0.29, 0.717) is 43.0 Å². The number of nitrogens with zero attached hydrogens (tertiary/aromatic N) is 1. The lowest BCUT2D eigenvalue weighted by Crippen LogP contribution is -2.45. The van der Waals surface area contributed by atoms with Crippen molar-refractivity contribution in [2.75, 3.05) is 33.5 Å². The van der Waals surface area contributed by atoms with Gasteiger partial charge >= 0.3 is 6.09 Å². The van der Waals surface area contributed by atoms with E-state index in [1.807, 2.05) is 30.3 Å². The highest BCUT2D eigenvalue weighted by molar-refractivity contribution is 5.65. The molecule has 2 aromatic carbocycles. The molecule has 29 heavy (non-hydrogen) atoms. The van der Waals surface area contributed by atoms with Crippen LogP contribution in [-0.4, -0.2) is 54.7 Å². The van der Waals surface area contributed by atoms with Crippen molar-refractivity contribution >= 4 is 6.09 Å². The third-order valence-corrected chi connectivity index (χ3v) is 5.51. The van der Waals surface area contributed by atoms with Crippen molar-refractivity contribution in [1.29, 1.82) is 0 Å². The summed E-state index contributed by atoms with van der Waals surface area (Å²) >= 11 is 0. The normalized spacial score (nSPS) is 16.9. The molecule has 1 atom stereocenters. The Kier molecular flexibility index (Phi) is 6.59. The van der Waals surface area contributed by atoms with E-state index in [-0.39, 0.29) is 12.5 Å². The number of likely N-dealkylation sites (tertiary alicyclic amines) is 1. The predicted molar refractivity (Wildman–Crippen MR) is 106 cm³/mol. The summed E-state index contributed by atoms with van der Waals surface area (Å²) in [6, 6.07) is 14.5. The molecule has 1 fully saturated rings. The van der Waals surface area contributed by atoms with Crippen LogP contribution in [0.4, 0.5) is 9.18 Å². The molecule has 1 aliphatic heterocycles. The number of piperidine rings is 1. The van der Waals surface area contributed by atoms with Crippen LogP contribution in [0.3, 0.4) is 0 Å². The van der Waals surface area contributed by atoms with Gasteiger partial charge in [-0.3, -0.25) is 0 Å². The number of rotatable bonds is 7. The van der Waals surface area contributed by atoms with Gasteiger partial charge in [0.25, 0.3) is 0 Å². The third kappa shape index (κ3) is 4.29. The number of alkyl halides is 1. The van der Waals surface area contributed by atoms with Crippen LogP contribution in [0.5, 0.6) is 11.5 Å². The number of aliphatic hydroxyl groups is 1. The van der Waals surface area contributed by atoms with Crippen LogP contribution in [0.1, 0.15) is 24.0 Å². The number of carbonyl (C=O) groups is 1. The van der Waals surface area contributed by atoms with E-state index >= 15 is 0 Å². The summed E-state index contributed by atoms with van der Waals surface area (Å²) in [6.45, 7) is 0.0429. The van der Waals surface area contributed by atoms with Crippen molar-refractivity contribution in [2.45, 2.75) is 18.4 Å². The summed E-state index contributed by atoms with van der Waals surface area (Å²) in [5.74, 6) is 0.640. The first kappa shape index (κ1) is 20.9. The third-order valence-electron chi connectivity index (χ3n) is 5.51. The Morgan fingerprint density at radius 3 is 2.41 bits per heavy atom. The lowest BCUT2D eigenvalue weighted by atomic mass is 9.72. The highest BCUT2D eigenvalue weighted by Gasteiger charge is 2.42. The van der Waals surface area contributed by atoms with Gasteiger partial charge in [-0.15, -0.1) is 0 Å². The number of hydrogen-bond acceptors (Lipinski definition) is 4. The summed E-state index contributed by atoms with van der Waals surface area (Å²) in [7, 11) is 1.49. The molecule has 0 spiro atoms. The number of benzene rings is 2. The van der Waals surface area contributed by atoms with E-state index in [0.717, 1.165) is 5.56 Å². The Balaban J connectivity index is 1.99. The van der Waals surface area contributed by atoms with Gasteiger partial charge in [-0.05, 0) is 42.0 Å². The standard InChI is InChI=1S/C22H26FNO5/c1-28-20-15-18(7-8-19(20)29-14-11-23)22(27,16-5-3-2-4-6-16)17-9-12-24(13-10-17)21(25)26/h2-8,15,17,27H,9-14H2,1H3,(H,25,26). The van der Waals surface area contributed by atoms with Crippen molar-refractivity contribution in [3.8, 4) is 11.5 Å². The second-order valence-electron chi connectivity index (χ2n) is 7.08. The quantitative estimate of drug-likeness (QED) is 0.738. The van der Waals surface area contributed by atoms with Gasteiger partial charge in [-0.2, -0.15) is 0 Å². The van der Waals surface area contributed by atoms with Gasteiger partial charge < -0.3 is 24.6 Å². The summed E-state index contributed by atoms with van der Waals surface area (Å²) in [6.07, 6.45) is 0.114. The first-order chi connectivity index (χ1) is 14.0. The summed E-state index contributed by atoms with van der Waals surface area (Å²) in [5.41, 5.74) is 0.0350. The summed E-state index contributed by atoms with van der Waals surface area (Å²) in [5, 5.41) is 21.2. The number of ether oxygens (including phenoxy) is 2. The Bertz CT molecular complexity index is 823. The molecule has 1 unspecified atom stereocenters. The maximum Gasteiger partial charge on any atom is 0.407 e. The van der Waals surface area contributed by atoms with Crippen LogP contribution >= 0.6 is 0 Å². The van der Waals surface area contributed by atoms with Crippen LogP contribution in [-0.2, 0) is 5.60 Å². The lowest BCUT2D eigenvalue weighted by Gasteiger charge is -2.41. The zero-order chi connectivity index (χ0) is 20.9. The molecule has 2 N–H and O–H groups in total. The molecule has 1 heterocycles. The van der Waals surface area contributed by atoms with Gasteiger partial charge in [0, 0.05) is 13.1 Å². The lowest BCUT2D eigenvalue weighted by molar-refractivity contribution is -0.0122. The van der Waals surface area contributed by atoms with Crippen LogP contribution in [0.25, 0.3) is 0 Å². The zero-order valence-electron chi connectivity index (χ0n) is 16.4. The highest BCUT2D eigenvalue weighted by atomic mass is 19.1. The molecule has 1 aliphatic rings. The fourth-order valence-electron chi connectivity index (χ4n) is 3.99. The molecule has 0 saturated carbocycles. The average Bonchev–Trinajstić information content (AvgIpc) is 2.77. The molecule has 1 amide bonds. The van der Waals surface area contributed by atoms with Crippen molar-refractivity contribution in [3.05, 3.63) is 59.7 Å². The minimum absolute atomic E-state index is 0.0771. The van der Waals surface area contributed by atoms with Crippen LogP contribution in [0.15, 0.2) is 48.5 Å². The van der Waals surface area contributed by atoms with Crippen molar-refractivity contribution in [2.24, 2.45) is 5.92 Å². The van der Waals surface area contributed by atoms with Crippen molar-refractivity contribution in [1.82, 2.24) is 4.90 Å². The van der Waals surface area contributed by atoms with Crippen LogP contribution < -0.4 is 9.47 Å². The molecule has 0 radical (unpaired) electrons. The minimum atomic E-state index is -1.32. The van der Waals surface area contributed by atoms with Crippen LogP contribution in [0.2, 0.25) is 0 Å². The Hall–Kier alpha value is -2.80. The van der Waals surface area contributed by atoms with Gasteiger partial charge in [0.05, 0.1) is 7.11 Å². The van der Waals surface area contributed by atoms with Gasteiger partial charge in [-0.25, -0.2) is 9.18 Å². The molecule has 6 nitrogen and oxygen atoms in total. The smallest absolute Gasteiger partial charge is 0.407 e. The Labute approximate surface area is 169 Å². The number of methoxy groups -OCH3 is 1. The summed E-state index contributed by atoms with van der Waals surface area (Å²) < 4.78 is 23.3. The van der Waals surface area contributed by atoms with Crippen molar-refractivity contribution in [3.63, 3.8) is 0 Å². The molecule has 7 heteroatoms. The Morgan fingerprint density at radius 2 is 1.83 bits per heavy atom. The fourth-order valence-corrected chi connectivity index (χ4v) is 3.99. The Morgan fingerprint density at radius 1 is 1.14 bits per heavy atom. The van der Waals surface area contributed by atoms with Gasteiger partial charge in [0.15, 0.2) is 11.5 Å². The first-order valence-electron chi connectivity index (χ1n) is 9.63. The van der Waals surface area contributed by atoms with Gasteiger partial charge in [-0.1, -0.05) is 36.4 Å². The topological polar surface area (TPSA) is 79.2 Å². The van der Waals surface area contributed by atoms with Gasteiger partial charge in [0.2, 0.25) is 0 Å². The van der Waals surface area contributed by atoms with E-state index < -0.39 is 18.4 Å². The number of halogens is 1. The average molecular weight is 403 g/mol. The maximum absolute atomic E-state index is 12.5. The largest absolute Gasteiger partial charge is 0.493 e. The molecule has 1 saturated heterocycles. The highest BCUT2D eigenvalue weighted by Crippen LogP contribution is 2.44. The molecular formula is C22H26FNO5. The van der Waals surface area contributed by atoms with E-state index in [2.05, 4.69) is 0 Å². The maximum atomic E-state index is 12.5. The second kappa shape index (κ2) is 9.13. The molecule has 0 aliphatic carbocycles. The molecular weight excluding hydrogens is 377 g/mol. The first-order valence-corrected chi connectivity index (χ1v) is 9.63. The number of amides is 1. The number of hydrogen-bond donors (Lipinski definition) is 2. The van der Waals surface area contributed by atoms with E-state index in [1.165, 1.54) is 12.0 Å². The van der Waals surface area contributed by atoms with Crippen molar-refractivity contribution < 1.29 is 28.9 Å². The zero-order valence-corrected chi connectivity index (χ0v) is 16.4. The van der Waals surface area contributed by atoms with E-state index in [4.69, 9.17) is 9.47 Å². The van der Waals surface area contributed by atoms with Crippen LogP contribution in [0, 0.1) is 5.92 Å². The van der Waals surface area contributed by atoms with E-state index in [9.17, 15) is 19.4 Å². The van der Waals surface area contributed by atoms with E-state index in [1.54, 1.807) is 18.2 Å². The predicted octanol–water partition coefficient (Wildman–Crippen LogP) is 3.67. The minimum Gasteiger partial charge on any atom is -0.493 e. The summed E-state index contributed by atoms with van der Waals surface area (Å²) in [4.78, 5) is 12.6. The fraction of sp³-hybridized carbons (Fsp3) is 0.409. The molecule has 3 rings (SSSR count).